The molecule has 0 radical (unpaired) electrons. The minimum Gasteiger partial charge on any atom is -0.351 e. The van der Waals surface area contributed by atoms with Crippen LogP contribution in [0.15, 0.2) is 0 Å². The quantitative estimate of drug-likeness (QED) is 0.576. The second kappa shape index (κ2) is 4.49. The summed E-state index contributed by atoms with van der Waals surface area (Å²) in [4.78, 5) is 10.3. The van der Waals surface area contributed by atoms with Gasteiger partial charge in [0, 0.05) is 6.54 Å². The number of unbranched alkanes of at least 4 members (excludes halogenated alkanes) is 1. The number of carbonyl (C=O) groups is 1. The number of amides is 2. The molecule has 0 atom stereocenters. The molecular formula is C5H12N2OS. The lowest BCUT2D eigenvalue weighted by Crippen LogP contribution is -2.28. The van der Waals surface area contributed by atoms with Crippen LogP contribution in [0.5, 0.6) is 0 Å². The minimum atomic E-state index is -0.480. The van der Waals surface area contributed by atoms with Crippen LogP contribution in [0.1, 0.15) is 19.8 Å². The van der Waals surface area contributed by atoms with Crippen molar-refractivity contribution >= 4 is 18.8 Å². The van der Waals surface area contributed by atoms with Gasteiger partial charge in [0.05, 0.1) is 0 Å². The second-order valence-corrected chi connectivity index (χ2v) is 2.30. The Kier molecular flexibility index (Phi) is 4.30. The van der Waals surface area contributed by atoms with Crippen molar-refractivity contribution in [2.75, 3.05) is 6.54 Å². The van der Waals surface area contributed by atoms with E-state index >= 15 is 0 Å². The first kappa shape index (κ1) is 8.62. The van der Waals surface area contributed by atoms with Gasteiger partial charge in [-0.1, -0.05) is 26.2 Å². The molecule has 0 unspecified atom stereocenters. The van der Waals surface area contributed by atoms with Gasteiger partial charge in [-0.2, -0.15) is 0 Å². The van der Waals surface area contributed by atoms with Gasteiger partial charge in [0.1, 0.15) is 0 Å². The fourth-order valence-corrected chi connectivity index (χ4v) is 0.559. The lowest BCUT2D eigenvalue weighted by Gasteiger charge is -2.10. The Bertz CT molecular complexity index is 97.0. The zero-order valence-electron chi connectivity index (χ0n) is 5.50. The van der Waals surface area contributed by atoms with Gasteiger partial charge in [0.2, 0.25) is 0 Å². The molecule has 0 aliphatic heterocycles. The summed E-state index contributed by atoms with van der Waals surface area (Å²) in [6.07, 6.45) is 2.00. The number of hydrogen-bond acceptors (Lipinski definition) is 2. The van der Waals surface area contributed by atoms with Crippen LogP contribution in [0, 0.1) is 0 Å². The molecule has 0 aromatic rings. The van der Waals surface area contributed by atoms with Crippen molar-refractivity contribution in [3.05, 3.63) is 0 Å². The lowest BCUT2D eigenvalue weighted by molar-refractivity contribution is 0.235. The van der Waals surface area contributed by atoms with Gasteiger partial charge in [-0.15, -0.1) is 0 Å². The molecule has 9 heavy (non-hydrogen) atoms. The zero-order chi connectivity index (χ0) is 7.28. The molecule has 0 saturated heterocycles. The van der Waals surface area contributed by atoms with Crippen molar-refractivity contribution < 1.29 is 4.79 Å². The van der Waals surface area contributed by atoms with Crippen LogP contribution in [-0.2, 0) is 0 Å². The van der Waals surface area contributed by atoms with Gasteiger partial charge in [-0.3, -0.25) is 4.31 Å². The summed E-state index contributed by atoms with van der Waals surface area (Å²) in [5.41, 5.74) is 4.89. The molecule has 54 valence electrons. The highest BCUT2D eigenvalue weighted by molar-refractivity contribution is 7.78. The molecule has 4 heteroatoms. The van der Waals surface area contributed by atoms with Crippen LogP contribution in [-0.4, -0.2) is 16.9 Å². The standard InChI is InChI=1S/C5H12N2OS/c1-2-3-4-7(9)5(6)8/h9H,2-4H2,1H3,(H2,6,8). The van der Waals surface area contributed by atoms with E-state index in [-0.39, 0.29) is 0 Å². The summed E-state index contributed by atoms with van der Waals surface area (Å²) in [5.74, 6) is 0. The molecule has 0 rings (SSSR count). The first-order chi connectivity index (χ1) is 4.18. The van der Waals surface area contributed by atoms with Crippen molar-refractivity contribution in [2.45, 2.75) is 19.8 Å². The molecule has 0 heterocycles. The van der Waals surface area contributed by atoms with Gasteiger partial charge in [0.25, 0.3) is 0 Å². The van der Waals surface area contributed by atoms with Gasteiger partial charge in [-0.25, -0.2) is 4.79 Å². The number of hydrogen-bond donors (Lipinski definition) is 2. The van der Waals surface area contributed by atoms with Crippen molar-refractivity contribution in [3.63, 3.8) is 0 Å². The number of urea groups is 1. The van der Waals surface area contributed by atoms with E-state index in [0.717, 1.165) is 12.8 Å². The maximum Gasteiger partial charge on any atom is 0.324 e. The van der Waals surface area contributed by atoms with Crippen LogP contribution < -0.4 is 5.73 Å². The molecule has 3 nitrogen and oxygen atoms in total. The van der Waals surface area contributed by atoms with Crippen molar-refractivity contribution in [2.24, 2.45) is 5.73 Å². The van der Waals surface area contributed by atoms with E-state index < -0.39 is 6.03 Å². The highest BCUT2D eigenvalue weighted by Gasteiger charge is 2.00. The zero-order valence-corrected chi connectivity index (χ0v) is 6.40. The Balaban J connectivity index is 3.27. The van der Waals surface area contributed by atoms with E-state index in [0.29, 0.717) is 6.54 Å². The number of carbonyl (C=O) groups excluding carboxylic acids is 1. The first-order valence-corrected chi connectivity index (χ1v) is 3.34. The Hall–Kier alpha value is -0.380. The van der Waals surface area contributed by atoms with Crippen molar-refractivity contribution in [3.8, 4) is 0 Å². The molecule has 0 aliphatic carbocycles. The molecule has 0 aromatic carbocycles. The number of thiol groups is 1. The third-order valence-electron chi connectivity index (χ3n) is 0.978. The average Bonchev–Trinajstić information content (AvgIpc) is 1.82. The van der Waals surface area contributed by atoms with Gasteiger partial charge >= 0.3 is 6.03 Å². The van der Waals surface area contributed by atoms with Crippen LogP contribution >= 0.6 is 12.8 Å². The van der Waals surface area contributed by atoms with E-state index in [4.69, 9.17) is 5.73 Å². The third-order valence-corrected chi connectivity index (χ3v) is 1.37. The molecule has 2 N–H and O–H groups in total. The number of nitrogens with two attached hydrogens (primary N) is 1. The fourth-order valence-electron chi connectivity index (χ4n) is 0.418. The van der Waals surface area contributed by atoms with Gasteiger partial charge in [-0.05, 0) is 6.42 Å². The van der Waals surface area contributed by atoms with Crippen molar-refractivity contribution in [1.29, 1.82) is 0 Å². The summed E-state index contributed by atoms with van der Waals surface area (Å²) >= 11 is 3.82. The lowest BCUT2D eigenvalue weighted by atomic mass is 10.3. The van der Waals surface area contributed by atoms with Gasteiger partial charge < -0.3 is 5.73 Å². The summed E-state index contributed by atoms with van der Waals surface area (Å²) < 4.78 is 1.21. The van der Waals surface area contributed by atoms with E-state index in [1.807, 2.05) is 6.92 Å². The summed E-state index contributed by atoms with van der Waals surface area (Å²) in [5, 5.41) is 0. The number of primary amides is 1. The normalized spacial score (nSPS) is 9.11. The summed E-state index contributed by atoms with van der Waals surface area (Å²) in [7, 11) is 0. The van der Waals surface area contributed by atoms with Crippen LogP contribution in [0.4, 0.5) is 4.79 Å². The highest BCUT2D eigenvalue weighted by Crippen LogP contribution is 1.96. The average molecular weight is 148 g/mol. The number of rotatable bonds is 3. The fraction of sp³-hybridized carbons (Fsp3) is 0.800. The highest BCUT2D eigenvalue weighted by atomic mass is 32.1. The van der Waals surface area contributed by atoms with E-state index in [1.54, 1.807) is 0 Å². The third kappa shape index (κ3) is 4.14. The molecule has 0 aromatic heterocycles. The molecule has 0 aliphatic rings. The first-order valence-electron chi connectivity index (χ1n) is 2.94. The molecule has 0 fully saturated rings. The van der Waals surface area contributed by atoms with E-state index in [9.17, 15) is 4.79 Å². The van der Waals surface area contributed by atoms with Gasteiger partial charge in [0.15, 0.2) is 0 Å². The molecule has 2 amide bonds. The predicted octanol–water partition coefficient (Wildman–Crippen LogP) is 1.01. The van der Waals surface area contributed by atoms with Crippen LogP contribution in [0.25, 0.3) is 0 Å². The molecule has 0 bridgehead atoms. The van der Waals surface area contributed by atoms with Crippen LogP contribution in [0.2, 0.25) is 0 Å². The Morgan fingerprint density at radius 3 is 2.67 bits per heavy atom. The van der Waals surface area contributed by atoms with E-state index in [1.165, 1.54) is 4.31 Å². The SMILES string of the molecule is CCCCN(S)C(N)=O. The topological polar surface area (TPSA) is 46.3 Å². The summed E-state index contributed by atoms with van der Waals surface area (Å²) in [6, 6.07) is -0.480. The monoisotopic (exact) mass is 148 g/mol. The maximum absolute atomic E-state index is 10.3. The Morgan fingerprint density at radius 2 is 2.33 bits per heavy atom. The van der Waals surface area contributed by atoms with Crippen molar-refractivity contribution in [1.82, 2.24) is 4.31 Å². The smallest absolute Gasteiger partial charge is 0.324 e. The number of nitrogens with zero attached hydrogens (tertiary/aromatic N) is 1. The predicted molar refractivity (Wildman–Crippen MR) is 40.2 cm³/mol. The Morgan fingerprint density at radius 1 is 1.78 bits per heavy atom. The Labute approximate surface area is 60.8 Å². The van der Waals surface area contributed by atoms with Crippen LogP contribution in [0.3, 0.4) is 0 Å². The summed E-state index contributed by atoms with van der Waals surface area (Å²) in [6.45, 7) is 2.68. The maximum atomic E-state index is 10.3. The molecule has 0 spiro atoms. The largest absolute Gasteiger partial charge is 0.351 e. The molecule has 0 saturated carbocycles. The van der Waals surface area contributed by atoms with E-state index in [2.05, 4.69) is 12.8 Å². The molecular weight excluding hydrogens is 136 g/mol. The minimum absolute atomic E-state index is 0.480. The second-order valence-electron chi connectivity index (χ2n) is 1.81.